The third kappa shape index (κ3) is 2.62. The fraction of sp³-hybridized carbons (Fsp3) is 0.0714. The molecule has 0 unspecified atom stereocenters. The van der Waals surface area contributed by atoms with Gasteiger partial charge in [0.2, 0.25) is 0 Å². The van der Waals surface area contributed by atoms with Crippen molar-refractivity contribution in [1.82, 2.24) is 24.3 Å². The molecule has 0 atom stereocenters. The average Bonchev–Trinajstić information content (AvgIpc) is 3.04. The first-order valence-corrected chi connectivity index (χ1v) is 6.44. The summed E-state index contributed by atoms with van der Waals surface area (Å²) in [4.78, 5) is 32.1. The number of pyridine rings is 1. The highest BCUT2D eigenvalue weighted by molar-refractivity contribution is 6.03. The van der Waals surface area contributed by atoms with E-state index in [2.05, 4.69) is 20.4 Å². The highest BCUT2D eigenvalue weighted by Gasteiger charge is 2.12. The van der Waals surface area contributed by atoms with Crippen LogP contribution in [0.3, 0.4) is 0 Å². The Morgan fingerprint density at radius 2 is 2.09 bits per heavy atom. The Morgan fingerprint density at radius 1 is 1.23 bits per heavy atom. The molecule has 0 aliphatic carbocycles. The van der Waals surface area contributed by atoms with E-state index in [9.17, 15) is 9.59 Å². The van der Waals surface area contributed by atoms with Gasteiger partial charge < -0.3 is 9.88 Å². The zero-order chi connectivity index (χ0) is 15.5. The smallest absolute Gasteiger partial charge is 0.263 e. The monoisotopic (exact) mass is 296 g/mol. The molecule has 0 aliphatic rings. The lowest BCUT2D eigenvalue weighted by molar-refractivity contribution is 0.102. The fourth-order valence-corrected chi connectivity index (χ4v) is 1.90. The molecule has 0 saturated carbocycles. The highest BCUT2D eigenvalue weighted by atomic mass is 16.2. The van der Waals surface area contributed by atoms with Crippen molar-refractivity contribution < 1.29 is 4.79 Å². The van der Waals surface area contributed by atoms with E-state index >= 15 is 0 Å². The first-order valence-electron chi connectivity index (χ1n) is 6.44. The minimum Gasteiger partial charge on any atom is -0.318 e. The molecule has 0 bridgehead atoms. The Bertz CT molecular complexity index is 869. The molecule has 3 heterocycles. The van der Waals surface area contributed by atoms with Gasteiger partial charge in [-0.1, -0.05) is 0 Å². The van der Waals surface area contributed by atoms with Crippen molar-refractivity contribution >= 4 is 11.7 Å². The van der Waals surface area contributed by atoms with E-state index in [-0.39, 0.29) is 16.9 Å². The largest absolute Gasteiger partial charge is 0.318 e. The van der Waals surface area contributed by atoms with Gasteiger partial charge in [-0.3, -0.25) is 9.59 Å². The van der Waals surface area contributed by atoms with E-state index in [0.29, 0.717) is 5.82 Å². The SMILES string of the molecule is Cn1cccc(C(=O)Nc2cc(-n3cccn3)ncn2)c1=O. The molecule has 0 fully saturated rings. The molecule has 110 valence electrons. The molecule has 22 heavy (non-hydrogen) atoms. The molecule has 8 heteroatoms. The maximum Gasteiger partial charge on any atom is 0.263 e. The summed E-state index contributed by atoms with van der Waals surface area (Å²) in [5.41, 5.74) is -0.328. The normalized spacial score (nSPS) is 10.4. The number of aromatic nitrogens is 5. The summed E-state index contributed by atoms with van der Waals surface area (Å²) in [6.07, 6.45) is 6.24. The maximum absolute atomic E-state index is 12.2. The van der Waals surface area contributed by atoms with Crippen molar-refractivity contribution in [2.24, 2.45) is 7.05 Å². The van der Waals surface area contributed by atoms with Crippen molar-refractivity contribution in [2.75, 3.05) is 5.32 Å². The number of carbonyl (C=O) groups is 1. The summed E-state index contributed by atoms with van der Waals surface area (Å²) >= 11 is 0. The van der Waals surface area contributed by atoms with Gasteiger partial charge in [0.05, 0.1) is 0 Å². The van der Waals surface area contributed by atoms with Crippen LogP contribution in [0, 0.1) is 0 Å². The molecule has 0 radical (unpaired) electrons. The summed E-state index contributed by atoms with van der Waals surface area (Å²) in [7, 11) is 1.58. The number of amides is 1. The zero-order valence-electron chi connectivity index (χ0n) is 11.7. The molecule has 3 aromatic rings. The summed E-state index contributed by atoms with van der Waals surface area (Å²) in [6.45, 7) is 0. The maximum atomic E-state index is 12.2. The molecule has 0 spiro atoms. The van der Waals surface area contributed by atoms with Gasteiger partial charge in [-0.15, -0.1) is 0 Å². The number of carbonyl (C=O) groups excluding carboxylic acids is 1. The lowest BCUT2D eigenvalue weighted by atomic mass is 10.2. The third-order valence-corrected chi connectivity index (χ3v) is 3.00. The minimum atomic E-state index is -0.522. The number of hydrogen-bond acceptors (Lipinski definition) is 5. The Hall–Kier alpha value is -3.29. The van der Waals surface area contributed by atoms with Gasteiger partial charge in [0, 0.05) is 31.7 Å². The van der Waals surface area contributed by atoms with Crippen LogP contribution in [-0.4, -0.2) is 30.2 Å². The number of hydrogen-bond donors (Lipinski definition) is 1. The van der Waals surface area contributed by atoms with Crippen LogP contribution in [0.15, 0.2) is 54.0 Å². The zero-order valence-corrected chi connectivity index (χ0v) is 11.7. The molecule has 0 saturated heterocycles. The number of rotatable bonds is 3. The third-order valence-electron chi connectivity index (χ3n) is 3.00. The molecule has 8 nitrogen and oxygen atoms in total. The van der Waals surface area contributed by atoms with Crippen LogP contribution >= 0.6 is 0 Å². The lowest BCUT2D eigenvalue weighted by Gasteiger charge is -2.06. The van der Waals surface area contributed by atoms with E-state index in [0.717, 1.165) is 0 Å². The molecule has 3 aromatic heterocycles. The van der Waals surface area contributed by atoms with Crippen LogP contribution in [0.5, 0.6) is 0 Å². The lowest BCUT2D eigenvalue weighted by Crippen LogP contribution is -2.27. The van der Waals surface area contributed by atoms with Crippen molar-refractivity contribution in [3.63, 3.8) is 0 Å². The van der Waals surface area contributed by atoms with Crippen molar-refractivity contribution in [3.8, 4) is 5.82 Å². The summed E-state index contributed by atoms with van der Waals surface area (Å²) in [6, 6.07) is 6.42. The second kappa shape index (κ2) is 5.60. The average molecular weight is 296 g/mol. The Kier molecular flexibility index (Phi) is 3.48. The Labute approximate surface area is 125 Å². The Morgan fingerprint density at radius 3 is 2.86 bits per heavy atom. The van der Waals surface area contributed by atoms with E-state index in [1.54, 1.807) is 48.5 Å². The first kappa shape index (κ1) is 13.7. The van der Waals surface area contributed by atoms with E-state index < -0.39 is 5.91 Å². The van der Waals surface area contributed by atoms with Crippen LogP contribution in [0.25, 0.3) is 5.82 Å². The van der Waals surface area contributed by atoms with Crippen LogP contribution in [0.1, 0.15) is 10.4 Å². The predicted octanol–water partition coefficient (Wildman–Crippen LogP) is 0.613. The van der Waals surface area contributed by atoms with Crippen molar-refractivity contribution in [3.05, 3.63) is 65.1 Å². The van der Waals surface area contributed by atoms with Crippen LogP contribution < -0.4 is 10.9 Å². The summed E-state index contributed by atoms with van der Waals surface area (Å²) in [5.74, 6) is 0.277. The highest BCUT2D eigenvalue weighted by Crippen LogP contribution is 2.08. The molecule has 0 aliphatic heterocycles. The van der Waals surface area contributed by atoms with Crippen LogP contribution in [0.4, 0.5) is 5.82 Å². The molecule has 1 amide bonds. The van der Waals surface area contributed by atoms with E-state index in [1.165, 1.54) is 17.0 Å². The van der Waals surface area contributed by atoms with Gasteiger partial charge in [0.1, 0.15) is 17.7 Å². The molecule has 0 aromatic carbocycles. The van der Waals surface area contributed by atoms with Gasteiger partial charge in [-0.25, -0.2) is 14.6 Å². The van der Waals surface area contributed by atoms with Gasteiger partial charge >= 0.3 is 0 Å². The molecule has 3 rings (SSSR count). The number of aryl methyl sites for hydroxylation is 1. The molecular weight excluding hydrogens is 284 g/mol. The minimum absolute atomic E-state index is 0.0456. The van der Waals surface area contributed by atoms with Gasteiger partial charge in [-0.05, 0) is 18.2 Å². The van der Waals surface area contributed by atoms with Crippen LogP contribution in [0.2, 0.25) is 0 Å². The van der Waals surface area contributed by atoms with Crippen molar-refractivity contribution in [2.45, 2.75) is 0 Å². The van der Waals surface area contributed by atoms with Gasteiger partial charge in [0.15, 0.2) is 5.82 Å². The standard InChI is InChI=1S/C14H12N6O2/c1-19-6-2-4-10(14(19)22)13(21)18-11-8-12(16-9-15-11)20-7-3-5-17-20/h2-9H,1H3,(H,15,16,18,21). The number of anilines is 1. The molecule has 1 N–H and O–H groups in total. The summed E-state index contributed by atoms with van der Waals surface area (Å²) in [5, 5.41) is 6.64. The number of nitrogens with one attached hydrogen (secondary N) is 1. The summed E-state index contributed by atoms with van der Waals surface area (Å²) < 4.78 is 2.88. The Balaban J connectivity index is 1.87. The van der Waals surface area contributed by atoms with E-state index in [1.807, 2.05) is 0 Å². The predicted molar refractivity (Wildman–Crippen MR) is 78.8 cm³/mol. The van der Waals surface area contributed by atoms with Gasteiger partial charge in [0.25, 0.3) is 11.5 Å². The topological polar surface area (TPSA) is 94.7 Å². The second-order valence-corrected chi connectivity index (χ2v) is 4.50. The quantitative estimate of drug-likeness (QED) is 0.764. The van der Waals surface area contributed by atoms with Crippen molar-refractivity contribution in [1.29, 1.82) is 0 Å². The van der Waals surface area contributed by atoms with E-state index in [4.69, 9.17) is 0 Å². The van der Waals surface area contributed by atoms with Gasteiger partial charge in [-0.2, -0.15) is 5.10 Å². The second-order valence-electron chi connectivity index (χ2n) is 4.50. The number of nitrogens with zero attached hydrogens (tertiary/aromatic N) is 5. The first-order chi connectivity index (χ1) is 10.6. The van der Waals surface area contributed by atoms with Crippen LogP contribution in [-0.2, 0) is 7.05 Å². The fourth-order valence-electron chi connectivity index (χ4n) is 1.90. The molecular formula is C14H12N6O2.